The Kier molecular flexibility index (Phi) is 10.4. The van der Waals surface area contributed by atoms with Gasteiger partial charge in [-0.3, -0.25) is 9.78 Å². The molecule has 2 unspecified atom stereocenters. The highest BCUT2D eigenvalue weighted by Gasteiger charge is 2.21. The Labute approximate surface area is 243 Å². The third-order valence-corrected chi connectivity index (χ3v) is 7.49. The van der Waals surface area contributed by atoms with Gasteiger partial charge in [0.15, 0.2) is 0 Å². The van der Waals surface area contributed by atoms with Crippen molar-refractivity contribution in [3.8, 4) is 17.6 Å². The summed E-state index contributed by atoms with van der Waals surface area (Å²) in [4.78, 5) is 19.3. The number of rotatable bonds is 12. The normalized spacial score (nSPS) is 16.8. The molecule has 218 valence electrons. The first kappa shape index (κ1) is 30.1. The number of amides is 1. The smallest absolute Gasteiger partial charge is 0.224 e. The van der Waals surface area contributed by atoms with Crippen molar-refractivity contribution < 1.29 is 14.3 Å². The summed E-state index contributed by atoms with van der Waals surface area (Å²) in [6.07, 6.45) is 5.14. The molecule has 2 aromatic carbocycles. The van der Waals surface area contributed by atoms with Crippen LogP contribution in [0, 0.1) is 24.2 Å². The Bertz CT molecular complexity index is 1400. The number of nitriles is 1. The summed E-state index contributed by atoms with van der Waals surface area (Å²) >= 11 is 0. The molecular formula is C32H42N6O3. The molecule has 1 fully saturated rings. The van der Waals surface area contributed by atoms with Crippen LogP contribution in [0.15, 0.2) is 36.5 Å². The average Bonchev–Trinajstić information content (AvgIpc) is 2.94. The highest BCUT2D eigenvalue weighted by atomic mass is 16.5. The highest BCUT2D eigenvalue weighted by molar-refractivity contribution is 6.02. The lowest BCUT2D eigenvalue weighted by Gasteiger charge is -2.30. The molecule has 1 aliphatic heterocycles. The SMILES string of the molecule is CCOc1cc2ncc(C#N)c(Nc3ccc(OCC4NCCCC4C)cc3C)c2cc1NC(=O)CCCN(C)C. The zero-order chi connectivity index (χ0) is 29.4. The van der Waals surface area contributed by atoms with Gasteiger partial charge in [-0.15, -0.1) is 0 Å². The number of nitrogens with zero attached hydrogens (tertiary/aromatic N) is 3. The van der Waals surface area contributed by atoms with Gasteiger partial charge in [0.05, 0.1) is 29.1 Å². The van der Waals surface area contributed by atoms with E-state index in [1.165, 1.54) is 12.8 Å². The quantitative estimate of drug-likeness (QED) is 0.263. The molecule has 0 radical (unpaired) electrons. The Morgan fingerprint density at radius 2 is 2.05 bits per heavy atom. The van der Waals surface area contributed by atoms with Gasteiger partial charge in [-0.2, -0.15) is 5.26 Å². The average molecular weight is 559 g/mol. The molecule has 0 aliphatic carbocycles. The Morgan fingerprint density at radius 1 is 1.22 bits per heavy atom. The van der Waals surface area contributed by atoms with Gasteiger partial charge in [-0.05, 0) is 96.0 Å². The maximum atomic E-state index is 12.7. The van der Waals surface area contributed by atoms with Crippen LogP contribution in [0.1, 0.15) is 50.7 Å². The fourth-order valence-corrected chi connectivity index (χ4v) is 5.10. The van der Waals surface area contributed by atoms with Crippen molar-refractivity contribution in [1.82, 2.24) is 15.2 Å². The monoisotopic (exact) mass is 558 g/mol. The molecule has 1 amide bonds. The van der Waals surface area contributed by atoms with Gasteiger partial charge < -0.3 is 30.3 Å². The summed E-state index contributed by atoms with van der Waals surface area (Å²) in [7, 11) is 3.97. The predicted octanol–water partition coefficient (Wildman–Crippen LogP) is 5.60. The Morgan fingerprint density at radius 3 is 2.76 bits per heavy atom. The molecule has 0 bridgehead atoms. The molecule has 3 aromatic rings. The van der Waals surface area contributed by atoms with E-state index in [9.17, 15) is 10.1 Å². The van der Waals surface area contributed by atoms with Crippen molar-refractivity contribution in [3.63, 3.8) is 0 Å². The van der Waals surface area contributed by atoms with Crippen molar-refractivity contribution in [3.05, 3.63) is 47.7 Å². The summed E-state index contributed by atoms with van der Waals surface area (Å²) < 4.78 is 12.0. The number of ether oxygens (including phenoxy) is 2. The number of carbonyl (C=O) groups is 1. The molecule has 2 atom stereocenters. The summed E-state index contributed by atoms with van der Waals surface area (Å²) in [6, 6.07) is 12.2. The number of piperidine rings is 1. The third kappa shape index (κ3) is 7.87. The minimum Gasteiger partial charge on any atom is -0.492 e. The Balaban J connectivity index is 1.59. The van der Waals surface area contributed by atoms with Gasteiger partial charge in [-0.1, -0.05) is 6.92 Å². The lowest BCUT2D eigenvalue weighted by molar-refractivity contribution is -0.116. The highest BCUT2D eigenvalue weighted by Crippen LogP contribution is 2.37. The van der Waals surface area contributed by atoms with E-state index in [0.717, 1.165) is 36.5 Å². The largest absolute Gasteiger partial charge is 0.492 e. The van der Waals surface area contributed by atoms with Crippen molar-refractivity contribution in [2.24, 2.45) is 5.92 Å². The predicted molar refractivity (Wildman–Crippen MR) is 164 cm³/mol. The first-order chi connectivity index (χ1) is 19.8. The molecule has 0 saturated carbocycles. The van der Waals surface area contributed by atoms with Gasteiger partial charge in [-0.25, -0.2) is 0 Å². The molecule has 9 heteroatoms. The summed E-state index contributed by atoms with van der Waals surface area (Å²) in [5.41, 5.74) is 4.09. The van der Waals surface area contributed by atoms with Crippen molar-refractivity contribution in [1.29, 1.82) is 5.26 Å². The van der Waals surface area contributed by atoms with Crippen LogP contribution in [0.3, 0.4) is 0 Å². The summed E-state index contributed by atoms with van der Waals surface area (Å²) in [5.74, 6) is 1.86. The van der Waals surface area contributed by atoms with Crippen LogP contribution in [-0.2, 0) is 4.79 Å². The molecule has 41 heavy (non-hydrogen) atoms. The van der Waals surface area contributed by atoms with Crippen molar-refractivity contribution in [2.45, 2.75) is 52.5 Å². The molecule has 9 nitrogen and oxygen atoms in total. The second kappa shape index (κ2) is 14.2. The number of fused-ring (bicyclic) bond motifs is 1. The lowest BCUT2D eigenvalue weighted by Crippen LogP contribution is -2.44. The van der Waals surface area contributed by atoms with Gasteiger partial charge in [0.25, 0.3) is 0 Å². The molecule has 1 aliphatic rings. The van der Waals surface area contributed by atoms with Crippen molar-refractivity contribution >= 4 is 33.9 Å². The van der Waals surface area contributed by atoms with Crippen LogP contribution in [0.25, 0.3) is 10.9 Å². The fourth-order valence-electron chi connectivity index (χ4n) is 5.10. The zero-order valence-corrected chi connectivity index (χ0v) is 24.8. The fraction of sp³-hybridized carbons (Fsp3) is 0.469. The van der Waals surface area contributed by atoms with E-state index >= 15 is 0 Å². The minimum absolute atomic E-state index is 0.0877. The first-order valence-electron chi connectivity index (χ1n) is 14.5. The number of carbonyl (C=O) groups excluding carboxylic acids is 1. The van der Waals surface area contributed by atoms with E-state index in [-0.39, 0.29) is 5.91 Å². The maximum absolute atomic E-state index is 12.7. The van der Waals surface area contributed by atoms with E-state index in [2.05, 4.69) is 38.8 Å². The van der Waals surface area contributed by atoms with E-state index < -0.39 is 0 Å². The molecule has 3 N–H and O–H groups in total. The minimum atomic E-state index is -0.0877. The number of anilines is 3. The molecule has 1 aromatic heterocycles. The molecule has 1 saturated heterocycles. The molecule has 0 spiro atoms. The van der Waals surface area contributed by atoms with Crippen LogP contribution in [0.2, 0.25) is 0 Å². The number of hydrogen-bond donors (Lipinski definition) is 3. The maximum Gasteiger partial charge on any atom is 0.224 e. The number of pyridine rings is 1. The standard InChI is InChI=1S/C32H42N6O3/c1-6-40-30-17-27-25(16-28(30)36-31(39)10-8-14-38(4)5)32(23(18-33)19-35-27)37-26-12-11-24(15-22(26)3)41-20-29-21(2)9-7-13-34-29/h11-12,15-17,19,21,29,34H,6-10,13-14,20H2,1-5H3,(H,35,37)(H,36,39). The van der Waals surface area contributed by atoms with Crippen molar-refractivity contribution in [2.75, 3.05) is 51.0 Å². The Hall–Kier alpha value is -3.87. The van der Waals surface area contributed by atoms with E-state index in [1.807, 2.05) is 58.3 Å². The lowest BCUT2D eigenvalue weighted by atomic mass is 9.93. The van der Waals surface area contributed by atoms with Crippen LogP contribution < -0.4 is 25.4 Å². The number of benzene rings is 2. The van der Waals surface area contributed by atoms with Crippen LogP contribution in [0.5, 0.6) is 11.5 Å². The number of aromatic nitrogens is 1. The van der Waals surface area contributed by atoms with Gasteiger partial charge in [0.1, 0.15) is 24.2 Å². The number of nitrogens with one attached hydrogen (secondary N) is 3. The summed E-state index contributed by atoms with van der Waals surface area (Å²) in [6.45, 7) is 9.12. The molecular weight excluding hydrogens is 516 g/mol. The van der Waals surface area contributed by atoms with Crippen LogP contribution in [-0.4, -0.2) is 62.2 Å². The molecule has 4 rings (SSSR count). The topological polar surface area (TPSA) is 112 Å². The number of aryl methyl sites for hydroxylation is 1. The van der Waals surface area contributed by atoms with Crippen LogP contribution >= 0.6 is 0 Å². The zero-order valence-electron chi connectivity index (χ0n) is 24.8. The van der Waals surface area contributed by atoms with Gasteiger partial charge in [0.2, 0.25) is 5.91 Å². The molecule has 2 heterocycles. The summed E-state index contributed by atoms with van der Waals surface area (Å²) in [5, 5.41) is 20.7. The van der Waals surface area contributed by atoms with E-state index in [1.54, 1.807) is 6.20 Å². The second-order valence-corrected chi connectivity index (χ2v) is 11.0. The second-order valence-electron chi connectivity index (χ2n) is 11.0. The van der Waals surface area contributed by atoms with Gasteiger partial charge >= 0.3 is 0 Å². The third-order valence-electron chi connectivity index (χ3n) is 7.49. The van der Waals surface area contributed by atoms with E-state index in [4.69, 9.17) is 9.47 Å². The first-order valence-corrected chi connectivity index (χ1v) is 14.5. The van der Waals surface area contributed by atoms with Crippen LogP contribution in [0.4, 0.5) is 17.1 Å². The number of hydrogen-bond acceptors (Lipinski definition) is 8. The van der Waals surface area contributed by atoms with E-state index in [0.29, 0.717) is 65.2 Å². The van der Waals surface area contributed by atoms with Gasteiger partial charge in [0, 0.05) is 35.8 Å².